The molecule has 68 valence electrons. The van der Waals surface area contributed by atoms with Gasteiger partial charge in [-0.1, -0.05) is 6.92 Å². The molecule has 1 atom stereocenters. The number of sulfone groups is 1. The molecule has 0 N–H and O–H groups in total. The summed E-state index contributed by atoms with van der Waals surface area (Å²) in [6, 6.07) is 0. The first-order valence-corrected chi connectivity index (χ1v) is 7.14. The Kier molecular flexibility index (Phi) is 3.34. The third-order valence-electron chi connectivity index (χ3n) is 1.12. The molecule has 0 radical (unpaired) electrons. The summed E-state index contributed by atoms with van der Waals surface area (Å²) >= 11 is 0. The Balaban J connectivity index is 5.05. The Hall–Kier alpha value is 0.190. The molecule has 0 bridgehead atoms. The first-order chi connectivity index (χ1) is 4.69. The predicted octanol–water partition coefficient (Wildman–Crippen LogP) is 0.336. The smallest absolute Gasteiger partial charge is 0.228 e. The SMILES string of the molecule is CCC(S(C)(=O)=O)S(=O)(=O)Cl. The van der Waals surface area contributed by atoms with Crippen LogP contribution in [0.25, 0.3) is 0 Å². The highest BCUT2D eigenvalue weighted by Crippen LogP contribution is 2.16. The highest BCUT2D eigenvalue weighted by atomic mass is 35.7. The lowest BCUT2D eigenvalue weighted by atomic mass is 10.6. The van der Waals surface area contributed by atoms with E-state index in [4.69, 9.17) is 10.7 Å². The zero-order valence-corrected chi connectivity index (χ0v) is 8.50. The van der Waals surface area contributed by atoms with Gasteiger partial charge in [-0.2, -0.15) is 0 Å². The van der Waals surface area contributed by atoms with Crippen molar-refractivity contribution in [1.29, 1.82) is 0 Å². The molecule has 0 rings (SSSR count). The summed E-state index contributed by atoms with van der Waals surface area (Å²) in [7, 11) is -2.70. The van der Waals surface area contributed by atoms with Crippen molar-refractivity contribution in [2.45, 2.75) is 17.9 Å². The van der Waals surface area contributed by atoms with E-state index in [-0.39, 0.29) is 6.42 Å². The first kappa shape index (κ1) is 11.2. The van der Waals surface area contributed by atoms with Crippen molar-refractivity contribution < 1.29 is 16.8 Å². The fourth-order valence-electron chi connectivity index (χ4n) is 0.711. The Morgan fingerprint density at radius 2 is 1.64 bits per heavy atom. The van der Waals surface area contributed by atoms with Crippen molar-refractivity contribution in [3.8, 4) is 0 Å². The minimum Gasteiger partial charge on any atom is -0.228 e. The Morgan fingerprint density at radius 1 is 1.27 bits per heavy atom. The molecule has 0 amide bonds. The standard InChI is InChI=1S/C4H9ClO4S2/c1-3-4(10(2,6)7)11(5,8)9/h4H,3H2,1-2H3. The lowest BCUT2D eigenvalue weighted by molar-refractivity contribution is 0.583. The van der Waals surface area contributed by atoms with Crippen LogP contribution in [0, 0.1) is 0 Å². The first-order valence-electron chi connectivity index (χ1n) is 2.82. The molecule has 0 aromatic rings. The maximum atomic E-state index is 10.7. The van der Waals surface area contributed by atoms with Crippen LogP contribution < -0.4 is 0 Å². The molecule has 0 aromatic carbocycles. The Labute approximate surface area is 70.9 Å². The van der Waals surface area contributed by atoms with Crippen LogP contribution in [0.3, 0.4) is 0 Å². The van der Waals surface area contributed by atoms with E-state index in [1.54, 1.807) is 0 Å². The monoisotopic (exact) mass is 220 g/mol. The highest BCUT2D eigenvalue weighted by molar-refractivity contribution is 8.22. The van der Waals surface area contributed by atoms with Gasteiger partial charge in [-0.05, 0) is 6.42 Å². The van der Waals surface area contributed by atoms with Crippen molar-refractivity contribution in [2.24, 2.45) is 0 Å². The van der Waals surface area contributed by atoms with E-state index in [0.29, 0.717) is 0 Å². The van der Waals surface area contributed by atoms with E-state index in [1.165, 1.54) is 6.92 Å². The van der Waals surface area contributed by atoms with Crippen LogP contribution in [0.15, 0.2) is 0 Å². The van der Waals surface area contributed by atoms with Crippen LogP contribution >= 0.6 is 10.7 Å². The maximum Gasteiger partial charge on any atom is 0.249 e. The molecule has 0 aliphatic carbocycles. The second kappa shape index (κ2) is 3.28. The summed E-state index contributed by atoms with van der Waals surface area (Å²) in [6.45, 7) is 1.45. The normalized spacial score (nSPS) is 16.3. The fourth-order valence-corrected chi connectivity index (χ4v) is 4.95. The molecular formula is C4H9ClO4S2. The Morgan fingerprint density at radius 3 is 1.64 bits per heavy atom. The van der Waals surface area contributed by atoms with Gasteiger partial charge in [-0.25, -0.2) is 16.8 Å². The predicted molar refractivity (Wildman–Crippen MR) is 43.7 cm³/mol. The second-order valence-corrected chi connectivity index (χ2v) is 7.48. The zero-order chi connectivity index (χ0) is 9.28. The van der Waals surface area contributed by atoms with E-state index in [1.807, 2.05) is 0 Å². The van der Waals surface area contributed by atoms with Gasteiger partial charge in [-0.3, -0.25) is 0 Å². The van der Waals surface area contributed by atoms with Gasteiger partial charge in [0.2, 0.25) is 9.05 Å². The zero-order valence-electron chi connectivity index (χ0n) is 6.11. The van der Waals surface area contributed by atoms with Crippen LogP contribution in [-0.4, -0.2) is 27.7 Å². The second-order valence-electron chi connectivity index (χ2n) is 2.14. The Bertz CT molecular complexity index is 282. The van der Waals surface area contributed by atoms with E-state index in [2.05, 4.69) is 0 Å². The van der Waals surface area contributed by atoms with E-state index >= 15 is 0 Å². The summed E-state index contributed by atoms with van der Waals surface area (Å²) in [4.78, 5) is 0. The molecule has 0 aromatic heterocycles. The molecule has 1 unspecified atom stereocenters. The number of hydrogen-bond donors (Lipinski definition) is 0. The molecule has 0 aliphatic rings. The molecule has 0 fully saturated rings. The van der Waals surface area contributed by atoms with Crippen molar-refractivity contribution >= 4 is 29.6 Å². The van der Waals surface area contributed by atoms with Gasteiger partial charge in [0.15, 0.2) is 14.4 Å². The lowest BCUT2D eigenvalue weighted by Crippen LogP contribution is -2.25. The summed E-state index contributed by atoms with van der Waals surface area (Å²) in [5.74, 6) is 0. The summed E-state index contributed by atoms with van der Waals surface area (Å²) < 4.78 is 41.2. The minimum atomic E-state index is -3.99. The van der Waals surface area contributed by atoms with E-state index in [0.717, 1.165) is 6.26 Å². The van der Waals surface area contributed by atoms with Crippen LogP contribution in [0.1, 0.15) is 13.3 Å². The summed E-state index contributed by atoms with van der Waals surface area (Å²) in [5.41, 5.74) is 0. The van der Waals surface area contributed by atoms with Crippen LogP contribution in [0.4, 0.5) is 0 Å². The summed E-state index contributed by atoms with van der Waals surface area (Å²) in [5, 5.41) is 0. The van der Waals surface area contributed by atoms with Gasteiger partial charge < -0.3 is 0 Å². The van der Waals surface area contributed by atoms with Gasteiger partial charge in [0.1, 0.15) is 0 Å². The molecule has 11 heavy (non-hydrogen) atoms. The molecule has 7 heteroatoms. The summed E-state index contributed by atoms with van der Waals surface area (Å²) in [6.07, 6.45) is 0.825. The van der Waals surface area contributed by atoms with Crippen LogP contribution in [0.2, 0.25) is 0 Å². The minimum absolute atomic E-state index is 0.0231. The van der Waals surface area contributed by atoms with Crippen molar-refractivity contribution in [1.82, 2.24) is 0 Å². The van der Waals surface area contributed by atoms with Crippen LogP contribution in [-0.2, 0) is 18.9 Å². The topological polar surface area (TPSA) is 68.3 Å². The number of rotatable bonds is 3. The lowest BCUT2D eigenvalue weighted by Gasteiger charge is -2.06. The van der Waals surface area contributed by atoms with E-state index in [9.17, 15) is 16.8 Å². The average molecular weight is 221 g/mol. The largest absolute Gasteiger partial charge is 0.249 e. The van der Waals surface area contributed by atoms with Gasteiger partial charge >= 0.3 is 0 Å². The fraction of sp³-hybridized carbons (Fsp3) is 1.00. The molecule has 0 saturated carbocycles. The molecule has 4 nitrogen and oxygen atoms in total. The van der Waals surface area contributed by atoms with E-state index < -0.39 is 23.5 Å². The molecule has 0 aliphatic heterocycles. The molecule has 0 spiro atoms. The van der Waals surface area contributed by atoms with Crippen molar-refractivity contribution in [2.75, 3.05) is 6.26 Å². The van der Waals surface area contributed by atoms with Gasteiger partial charge in [0, 0.05) is 16.9 Å². The third kappa shape index (κ3) is 3.39. The molecule has 0 heterocycles. The van der Waals surface area contributed by atoms with Crippen molar-refractivity contribution in [3.05, 3.63) is 0 Å². The number of halogens is 1. The number of hydrogen-bond acceptors (Lipinski definition) is 4. The average Bonchev–Trinajstić information content (AvgIpc) is 1.56. The quantitative estimate of drug-likeness (QED) is 0.643. The molecule has 0 saturated heterocycles. The van der Waals surface area contributed by atoms with Gasteiger partial charge in [-0.15, -0.1) is 0 Å². The van der Waals surface area contributed by atoms with Crippen molar-refractivity contribution in [3.63, 3.8) is 0 Å². The van der Waals surface area contributed by atoms with Crippen LogP contribution in [0.5, 0.6) is 0 Å². The van der Waals surface area contributed by atoms with Gasteiger partial charge in [0.05, 0.1) is 0 Å². The van der Waals surface area contributed by atoms with Gasteiger partial charge in [0.25, 0.3) is 0 Å². The molecular weight excluding hydrogens is 212 g/mol. The highest BCUT2D eigenvalue weighted by Gasteiger charge is 2.30. The maximum absolute atomic E-state index is 10.7. The third-order valence-corrected chi connectivity index (χ3v) is 6.15.